The summed E-state index contributed by atoms with van der Waals surface area (Å²) in [5, 5.41) is 263. The Morgan fingerprint density at radius 2 is 0.811 bits per heavy atom. The molecular weight excluding hydrogens is 1450 g/mol. The van der Waals surface area contributed by atoms with Gasteiger partial charge in [0.05, 0.1) is 70.5 Å². The number of hydrogen-bond donors (Lipinski definition) is 28. The Kier molecular flexibility index (Phi) is 31.4. The quantitative estimate of drug-likeness (QED) is 0.0306. The van der Waals surface area contributed by atoms with Gasteiger partial charge in [-0.15, -0.1) is 0 Å². The van der Waals surface area contributed by atoms with E-state index in [1.54, 1.807) is 0 Å². The number of nitrogens with one attached hydrogen (secondary N) is 5. The molecule has 0 saturated carbocycles. The summed E-state index contributed by atoms with van der Waals surface area (Å²) in [4.78, 5) is 90.0. The van der Waals surface area contributed by atoms with E-state index in [-0.39, 0.29) is 0 Å². The lowest BCUT2D eigenvalue weighted by molar-refractivity contribution is -0.395. The minimum atomic E-state index is -3.45. The second-order valence-electron chi connectivity index (χ2n) is 26.2. The standard InChI is InChI=1S/C58H95N5O43/c1-15(71)59-29-20(76)6-58(56(92)93,105-46(29)34(80)21(77)7-64)106-48-33(62-18(4)74)52(98-26(12-69)44(48)101-51-31(60-16(2)72)39(85)36(82)23(9-66)96-51)103-49-37(83)24(10-67)97-54(42(49)88)100-43-25(11-68)99-53(41(87)40(43)86)102-45-32(61-17(3)73)50(89)95-27(38(45)84)14-94-57(55(90)91)5-19(75)30(63-28(79)13-70)47(104-57)35(81)22(78)8-65/h19-27,29-54,64-70,75-78,80-89H,5-14H2,1-4H3,(H,59,71)(H,60,72)(H,61,73)(H,62,74)(H,63,79)(H,90,91)(H,92,93)/t19-,20-,21+,22+,23+,24+,25+,26+,27+,29+,30+,31+,32+,33+,34+,35+,36-,37-,38-,39+,40+,41+,42+,43-,44-,45+,46+,47+,48+,49-,50-,51-,52-,53-,54-,57+,58-/m0/s1. The van der Waals surface area contributed by atoms with E-state index in [9.17, 15) is 151 Å². The summed E-state index contributed by atoms with van der Waals surface area (Å²) in [6.45, 7) is -6.12. The molecule has 7 aliphatic rings. The van der Waals surface area contributed by atoms with Crippen molar-refractivity contribution in [1.82, 2.24) is 26.6 Å². The van der Waals surface area contributed by atoms with Crippen molar-refractivity contribution < 1.29 is 213 Å². The molecule has 5 amide bonds. The van der Waals surface area contributed by atoms with Crippen LogP contribution in [0.1, 0.15) is 40.5 Å². The van der Waals surface area contributed by atoms with E-state index in [1.165, 1.54) is 0 Å². The van der Waals surface area contributed by atoms with Crippen molar-refractivity contribution in [3.8, 4) is 0 Å². The van der Waals surface area contributed by atoms with Crippen LogP contribution in [0.4, 0.5) is 0 Å². The van der Waals surface area contributed by atoms with E-state index in [4.69, 9.17) is 61.6 Å². The molecule has 0 aromatic rings. The van der Waals surface area contributed by atoms with Crippen LogP contribution in [0.15, 0.2) is 0 Å². The van der Waals surface area contributed by atoms with Crippen molar-refractivity contribution in [2.45, 2.75) is 266 Å². The minimum Gasteiger partial charge on any atom is -0.477 e. The maximum atomic E-state index is 13.8. The highest BCUT2D eigenvalue weighted by molar-refractivity contribution is 5.79. The lowest BCUT2D eigenvalue weighted by Gasteiger charge is -2.53. The van der Waals surface area contributed by atoms with Gasteiger partial charge in [-0.25, -0.2) is 9.59 Å². The lowest BCUT2D eigenvalue weighted by Crippen LogP contribution is -2.73. The number of aliphatic hydroxyl groups excluding tert-OH is 21. The Bertz CT molecular complexity index is 2920. The molecule has 7 fully saturated rings. The number of carbonyl (C=O) groups excluding carboxylic acids is 5. The fraction of sp³-hybridized carbons (Fsp3) is 0.879. The van der Waals surface area contributed by atoms with Crippen molar-refractivity contribution in [2.75, 3.05) is 52.9 Å². The zero-order chi connectivity index (χ0) is 79.0. The molecule has 0 aliphatic carbocycles. The number of carbonyl (C=O) groups is 7. The summed E-state index contributed by atoms with van der Waals surface area (Å²) < 4.78 is 76.3. The van der Waals surface area contributed by atoms with Crippen LogP contribution < -0.4 is 26.6 Å². The molecule has 0 radical (unpaired) electrons. The van der Waals surface area contributed by atoms with Crippen molar-refractivity contribution in [2.24, 2.45) is 0 Å². The first kappa shape index (κ1) is 88.1. The van der Waals surface area contributed by atoms with Crippen molar-refractivity contribution in [3.05, 3.63) is 0 Å². The first-order chi connectivity index (χ1) is 49.8. The van der Waals surface area contributed by atoms with E-state index in [1.807, 2.05) is 0 Å². The van der Waals surface area contributed by atoms with Gasteiger partial charge in [0.1, 0.15) is 165 Å². The molecule has 37 atom stereocenters. The third-order valence-electron chi connectivity index (χ3n) is 18.6. The van der Waals surface area contributed by atoms with E-state index >= 15 is 0 Å². The summed E-state index contributed by atoms with van der Waals surface area (Å²) in [5.74, 6) is -15.9. The largest absolute Gasteiger partial charge is 0.477 e. The monoisotopic (exact) mass is 1550 g/mol. The van der Waals surface area contributed by atoms with Crippen LogP contribution in [-0.4, -0.2) is 438 Å². The molecule has 0 unspecified atom stereocenters. The molecule has 7 aliphatic heterocycles. The Morgan fingerprint density at radius 3 is 1.33 bits per heavy atom. The number of amides is 5. The van der Waals surface area contributed by atoms with E-state index < -0.39 is 333 Å². The number of ether oxygens (including phenoxy) is 13. The highest BCUT2D eigenvalue weighted by Gasteiger charge is 2.64. The van der Waals surface area contributed by atoms with Gasteiger partial charge in [0.2, 0.25) is 29.5 Å². The van der Waals surface area contributed by atoms with Gasteiger partial charge in [0.25, 0.3) is 11.6 Å². The van der Waals surface area contributed by atoms with E-state index in [2.05, 4.69) is 26.6 Å². The predicted molar refractivity (Wildman–Crippen MR) is 326 cm³/mol. The number of aliphatic hydroxyl groups is 21. The molecular formula is C58H95N5O43. The van der Waals surface area contributed by atoms with Crippen LogP contribution >= 0.6 is 0 Å². The van der Waals surface area contributed by atoms with Crippen LogP contribution in [0.5, 0.6) is 0 Å². The van der Waals surface area contributed by atoms with Crippen molar-refractivity contribution >= 4 is 41.5 Å². The Balaban J connectivity index is 1.19. The van der Waals surface area contributed by atoms with E-state index in [0.29, 0.717) is 0 Å². The summed E-state index contributed by atoms with van der Waals surface area (Å²) in [7, 11) is 0. The fourth-order valence-corrected chi connectivity index (χ4v) is 13.3. The molecule has 48 nitrogen and oxygen atoms in total. The molecule has 28 N–H and O–H groups in total. The summed E-state index contributed by atoms with van der Waals surface area (Å²) in [6.07, 6.45) is -69.0. The number of rotatable bonds is 31. The average molecular weight is 1550 g/mol. The SMILES string of the molecule is CC(=O)N[C@@H]1[C@@H](O[C@@H]2O[C@H](CO)[C@H](O[C@@H]3O[C@H](CO)[C@H](O)[C@H](O[C@@H]4O[C@H](CO)[C@H](O[C@@H]5O[C@H](CO)[C@H](O)[C@H](O)[C@H]5NC(C)=O)[C@H](O[C@]5(C(=O)O)C[C@H](O)[C@@H](NC(C)=O)[C@H]([C@H](O)[C@H](O)CO)O5)[C@H]4NC(C)=O)[C@H]3O)[C@H](O)[C@H]2O)[C@@H](O)[C@@H](CO[C@]2(C(=O)O)C[C@H](O)[C@@H](NC(=O)CO)[C@H]([C@H](O)[C@H](O)CO)O2)O[C@@H]1O. The van der Waals surface area contributed by atoms with Crippen molar-refractivity contribution in [1.29, 1.82) is 0 Å². The van der Waals surface area contributed by atoms with Gasteiger partial charge in [-0.2, -0.15) is 0 Å². The number of carboxylic acid groups (broad SMARTS) is 2. The number of carboxylic acids is 2. The highest BCUT2D eigenvalue weighted by atomic mass is 16.8. The molecule has 106 heavy (non-hydrogen) atoms. The van der Waals surface area contributed by atoms with Crippen molar-refractivity contribution in [3.63, 3.8) is 0 Å². The van der Waals surface area contributed by atoms with Gasteiger partial charge in [0, 0.05) is 40.5 Å². The third-order valence-corrected chi connectivity index (χ3v) is 18.6. The summed E-state index contributed by atoms with van der Waals surface area (Å²) in [6, 6.07) is -9.65. The lowest BCUT2D eigenvalue weighted by atomic mass is 9.87. The van der Waals surface area contributed by atoms with Crippen LogP contribution in [0, 0.1) is 0 Å². The Morgan fingerprint density at radius 1 is 0.406 bits per heavy atom. The zero-order valence-corrected chi connectivity index (χ0v) is 56.7. The molecule has 7 heterocycles. The second-order valence-corrected chi connectivity index (χ2v) is 26.2. The van der Waals surface area contributed by atoms with Gasteiger partial charge in [-0.1, -0.05) is 0 Å². The second kappa shape index (κ2) is 37.8. The van der Waals surface area contributed by atoms with Crippen LogP contribution in [-0.2, 0) is 95.1 Å². The van der Waals surface area contributed by atoms with Gasteiger partial charge < -0.3 is 206 Å². The van der Waals surface area contributed by atoms with Gasteiger partial charge in [-0.3, -0.25) is 24.0 Å². The molecule has 7 saturated heterocycles. The minimum absolute atomic E-state index is 0.837. The topological polar surface area (TPSA) is 765 Å². The van der Waals surface area contributed by atoms with Gasteiger partial charge in [-0.05, 0) is 0 Å². The average Bonchev–Trinajstić information content (AvgIpc) is 0.753. The molecule has 0 spiro atoms. The van der Waals surface area contributed by atoms with Gasteiger partial charge >= 0.3 is 11.9 Å². The number of hydrogen-bond acceptors (Lipinski definition) is 41. The van der Waals surface area contributed by atoms with Crippen LogP contribution in [0.2, 0.25) is 0 Å². The molecule has 0 bridgehead atoms. The first-order valence-electron chi connectivity index (χ1n) is 33.0. The summed E-state index contributed by atoms with van der Waals surface area (Å²) in [5.41, 5.74) is 0. The molecule has 0 aromatic heterocycles. The first-order valence-corrected chi connectivity index (χ1v) is 33.0. The maximum absolute atomic E-state index is 13.8. The Hall–Kier alpha value is -5.07. The molecule has 7 rings (SSSR count). The smallest absolute Gasteiger partial charge is 0.364 e. The molecule has 610 valence electrons. The zero-order valence-electron chi connectivity index (χ0n) is 56.7. The molecule has 0 aromatic carbocycles. The van der Waals surface area contributed by atoms with E-state index in [0.717, 1.165) is 27.7 Å². The number of aliphatic carboxylic acids is 2. The fourth-order valence-electron chi connectivity index (χ4n) is 13.3. The maximum Gasteiger partial charge on any atom is 0.364 e. The molecule has 48 heteroatoms. The summed E-state index contributed by atoms with van der Waals surface area (Å²) >= 11 is 0. The van der Waals surface area contributed by atoms with Crippen LogP contribution in [0.3, 0.4) is 0 Å². The Labute approximate surface area is 598 Å². The van der Waals surface area contributed by atoms with Crippen LogP contribution in [0.25, 0.3) is 0 Å². The predicted octanol–water partition coefficient (Wildman–Crippen LogP) is -18.2. The highest BCUT2D eigenvalue weighted by Crippen LogP contribution is 2.42. The van der Waals surface area contributed by atoms with Gasteiger partial charge in [0.15, 0.2) is 31.5 Å². The third kappa shape index (κ3) is 19.6. The normalized spacial score (nSPS) is 43.3.